The number of likely N-dealkylation sites (N-methyl/N-ethyl adjacent to an activating group) is 1. The minimum atomic E-state index is -4.05. The third-order valence-corrected chi connectivity index (χ3v) is 6.30. The molecule has 4 N–H and O–H groups in total. The minimum Gasteiger partial charge on any atom is -0.361 e. The molecule has 0 aliphatic heterocycles. The predicted octanol–water partition coefficient (Wildman–Crippen LogP) is 0.732. The van der Waals surface area contributed by atoms with Gasteiger partial charge in [0.2, 0.25) is 27.0 Å². The summed E-state index contributed by atoms with van der Waals surface area (Å²) in [5.74, 6) is -1.91. The summed E-state index contributed by atoms with van der Waals surface area (Å²) in [6, 6.07) is 5.54. The maximum absolute atomic E-state index is 12.9. The summed E-state index contributed by atoms with van der Waals surface area (Å²) in [5.41, 5.74) is 1.74. The number of hydrogen-bond acceptors (Lipinski definition) is 5. The molecule has 0 aliphatic rings. The summed E-state index contributed by atoms with van der Waals surface area (Å²) < 4.78 is 26.6. The number of sulfonamides is 1. The van der Waals surface area contributed by atoms with Crippen LogP contribution in [0.15, 0.2) is 30.5 Å². The summed E-state index contributed by atoms with van der Waals surface area (Å²) in [6.45, 7) is 3.67. The maximum Gasteiger partial charge on any atom is 0.242 e. The van der Waals surface area contributed by atoms with Crippen LogP contribution in [0.1, 0.15) is 25.8 Å². The number of H-pyrrole nitrogens is 1. The van der Waals surface area contributed by atoms with E-state index in [0.717, 1.165) is 16.5 Å². The third-order valence-electron chi connectivity index (χ3n) is 4.64. The van der Waals surface area contributed by atoms with E-state index in [0.29, 0.717) is 0 Å². The highest BCUT2D eigenvalue weighted by Gasteiger charge is 2.30. The van der Waals surface area contributed by atoms with Gasteiger partial charge in [0.15, 0.2) is 0 Å². The second-order valence-corrected chi connectivity index (χ2v) is 9.94. The molecule has 0 saturated carbocycles. The molecule has 0 radical (unpaired) electrons. The van der Waals surface area contributed by atoms with Gasteiger partial charge in [0.25, 0.3) is 0 Å². The molecular formula is C20H28N4O5S2. The number of carbonyl (C=O) groups is 3. The van der Waals surface area contributed by atoms with E-state index >= 15 is 0 Å². The van der Waals surface area contributed by atoms with E-state index in [9.17, 15) is 22.8 Å². The summed E-state index contributed by atoms with van der Waals surface area (Å²) >= 11 is 3.49. The normalized spacial score (nSPS) is 13.7. The van der Waals surface area contributed by atoms with Gasteiger partial charge in [0.1, 0.15) is 17.8 Å². The lowest BCUT2D eigenvalue weighted by atomic mass is 10.0. The van der Waals surface area contributed by atoms with Gasteiger partial charge in [-0.25, -0.2) is 13.1 Å². The molecule has 2 unspecified atom stereocenters. The highest BCUT2D eigenvalue weighted by molar-refractivity contribution is 8.00. The molecule has 170 valence electrons. The van der Waals surface area contributed by atoms with Crippen LogP contribution in [-0.4, -0.2) is 55.2 Å². The van der Waals surface area contributed by atoms with Gasteiger partial charge in [-0.15, -0.1) is 12.6 Å². The van der Waals surface area contributed by atoms with Gasteiger partial charge in [-0.05, 0) is 24.0 Å². The smallest absolute Gasteiger partial charge is 0.242 e. The Hall–Kier alpha value is -2.37. The number of fused-ring (bicyclic) bond motifs is 1. The van der Waals surface area contributed by atoms with Crippen LogP contribution in [0.5, 0.6) is 0 Å². The van der Waals surface area contributed by atoms with Gasteiger partial charge in [-0.1, -0.05) is 32.0 Å². The second-order valence-electron chi connectivity index (χ2n) is 7.69. The average molecular weight is 469 g/mol. The van der Waals surface area contributed by atoms with Gasteiger partial charge in [0, 0.05) is 30.6 Å². The molecule has 0 fully saturated rings. The van der Waals surface area contributed by atoms with E-state index < -0.39 is 44.8 Å². The molecule has 0 saturated heterocycles. The zero-order valence-corrected chi connectivity index (χ0v) is 19.3. The number of rotatable bonds is 11. The third kappa shape index (κ3) is 7.37. The number of para-hydroxylation sites is 1. The van der Waals surface area contributed by atoms with Gasteiger partial charge < -0.3 is 15.6 Å². The van der Waals surface area contributed by atoms with E-state index in [1.807, 2.05) is 38.1 Å². The molecule has 1 heterocycles. The molecule has 9 nitrogen and oxygen atoms in total. The maximum atomic E-state index is 12.9. The molecule has 1 aromatic carbocycles. The van der Waals surface area contributed by atoms with E-state index in [4.69, 9.17) is 0 Å². The Labute approximate surface area is 187 Å². The Balaban J connectivity index is 2.23. The highest BCUT2D eigenvalue weighted by atomic mass is 32.2. The average Bonchev–Trinajstić information content (AvgIpc) is 3.07. The van der Waals surface area contributed by atoms with Crippen molar-refractivity contribution in [2.45, 2.75) is 38.8 Å². The largest absolute Gasteiger partial charge is 0.361 e. The number of aromatic nitrogens is 1. The van der Waals surface area contributed by atoms with E-state index in [1.165, 1.54) is 7.05 Å². The molecular weight excluding hydrogens is 440 g/mol. The number of thiol groups is 1. The van der Waals surface area contributed by atoms with Crippen molar-refractivity contribution in [2.24, 2.45) is 5.92 Å². The Morgan fingerprint density at radius 3 is 2.39 bits per heavy atom. The van der Waals surface area contributed by atoms with Crippen LogP contribution in [0.4, 0.5) is 0 Å². The number of carbonyl (C=O) groups excluding carboxylic acids is 3. The van der Waals surface area contributed by atoms with E-state index in [-0.39, 0.29) is 18.8 Å². The molecule has 11 heteroatoms. The summed E-state index contributed by atoms with van der Waals surface area (Å²) in [6.07, 6.45) is 2.18. The molecule has 2 aromatic rings. The zero-order chi connectivity index (χ0) is 23.2. The summed E-state index contributed by atoms with van der Waals surface area (Å²) in [4.78, 5) is 39.6. The fourth-order valence-corrected chi connectivity index (χ4v) is 4.83. The van der Waals surface area contributed by atoms with Crippen LogP contribution in [-0.2, 0) is 30.8 Å². The van der Waals surface area contributed by atoms with Crippen LogP contribution < -0.4 is 15.4 Å². The van der Waals surface area contributed by atoms with Crippen LogP contribution in [0.3, 0.4) is 0 Å². The number of hydrogen-bond donors (Lipinski definition) is 5. The second kappa shape index (κ2) is 10.8. The molecule has 0 aliphatic carbocycles. The van der Waals surface area contributed by atoms with Gasteiger partial charge in [0.05, 0.1) is 0 Å². The van der Waals surface area contributed by atoms with Crippen molar-refractivity contribution in [3.8, 4) is 0 Å². The number of aromatic amines is 1. The Morgan fingerprint density at radius 2 is 1.77 bits per heavy atom. The molecule has 31 heavy (non-hydrogen) atoms. The lowest BCUT2D eigenvalue weighted by Crippen LogP contribution is -2.54. The number of benzene rings is 1. The summed E-state index contributed by atoms with van der Waals surface area (Å²) in [7, 11) is -2.59. The van der Waals surface area contributed by atoms with E-state index in [1.54, 1.807) is 6.20 Å². The first-order valence-electron chi connectivity index (χ1n) is 9.81. The van der Waals surface area contributed by atoms with Crippen molar-refractivity contribution in [3.05, 3.63) is 36.0 Å². The fraction of sp³-hybridized carbons (Fsp3) is 0.450. The molecule has 0 spiro atoms. The highest BCUT2D eigenvalue weighted by Crippen LogP contribution is 2.19. The Morgan fingerprint density at radius 1 is 1.10 bits per heavy atom. The molecule has 2 amide bonds. The molecule has 1 aromatic heterocycles. The Bertz CT molecular complexity index is 1050. The van der Waals surface area contributed by atoms with Crippen LogP contribution in [0, 0.1) is 5.92 Å². The molecule has 0 bridgehead atoms. The lowest BCUT2D eigenvalue weighted by molar-refractivity contribution is -0.129. The lowest BCUT2D eigenvalue weighted by Gasteiger charge is -2.23. The number of amides is 2. The van der Waals surface area contributed by atoms with E-state index in [2.05, 4.69) is 33.0 Å². The first kappa shape index (κ1) is 24.9. The number of nitrogens with one attached hydrogen (secondary N) is 4. The van der Waals surface area contributed by atoms with Gasteiger partial charge >= 0.3 is 0 Å². The molecule has 2 rings (SSSR count). The van der Waals surface area contributed by atoms with Crippen molar-refractivity contribution in [2.75, 3.05) is 12.8 Å². The fourth-order valence-electron chi connectivity index (χ4n) is 3.28. The van der Waals surface area contributed by atoms with Crippen molar-refractivity contribution >= 4 is 50.5 Å². The topological polar surface area (TPSA) is 137 Å². The first-order chi connectivity index (χ1) is 14.5. The van der Waals surface area contributed by atoms with Crippen molar-refractivity contribution in [1.29, 1.82) is 0 Å². The van der Waals surface area contributed by atoms with Crippen molar-refractivity contribution < 1.29 is 22.8 Å². The first-order valence-corrected chi connectivity index (χ1v) is 11.9. The van der Waals surface area contributed by atoms with Crippen molar-refractivity contribution in [1.82, 2.24) is 20.3 Å². The molecule has 2 atom stereocenters. The van der Waals surface area contributed by atoms with Crippen LogP contribution >= 0.6 is 12.6 Å². The minimum absolute atomic E-state index is 0.0165. The standard InChI is InChI=1S/C20H28N4O5S2/c1-12(2)8-17(24-31(28,29)11-18(25)30)20(27)23-16(19(26)21-3)9-13-10-22-15-7-5-4-6-14(13)15/h4-7,10,12,16-17,22,24H,8-9,11H2,1-3H3,(H,21,26)(H,23,27)(H,25,30). The van der Waals surface area contributed by atoms with Crippen molar-refractivity contribution in [3.63, 3.8) is 0 Å². The van der Waals surface area contributed by atoms with Gasteiger partial charge in [-0.2, -0.15) is 0 Å². The van der Waals surface area contributed by atoms with Crippen LogP contribution in [0.25, 0.3) is 10.9 Å². The summed E-state index contributed by atoms with van der Waals surface area (Å²) in [5, 5.41) is 5.28. The van der Waals surface area contributed by atoms with Gasteiger partial charge in [-0.3, -0.25) is 14.4 Å². The van der Waals surface area contributed by atoms with Crippen LogP contribution in [0.2, 0.25) is 0 Å². The Kier molecular flexibility index (Phi) is 8.66. The zero-order valence-electron chi connectivity index (χ0n) is 17.6. The quantitative estimate of drug-likeness (QED) is 0.310. The monoisotopic (exact) mass is 468 g/mol. The predicted molar refractivity (Wildman–Crippen MR) is 122 cm³/mol. The SMILES string of the molecule is CNC(=O)C(Cc1c[nH]c2ccccc12)NC(=O)C(CC(C)C)NS(=O)(=O)CC(=O)S.